The summed E-state index contributed by atoms with van der Waals surface area (Å²) < 4.78 is 6.27. The van der Waals surface area contributed by atoms with E-state index in [1.165, 1.54) is 0 Å². The molecular formula is C9H8BrNO2. The van der Waals surface area contributed by atoms with E-state index in [1.807, 2.05) is 18.2 Å². The van der Waals surface area contributed by atoms with Crippen LogP contribution in [0.5, 0.6) is 5.75 Å². The molecule has 1 aliphatic rings. The van der Waals surface area contributed by atoms with Crippen molar-refractivity contribution in [2.75, 3.05) is 5.32 Å². The van der Waals surface area contributed by atoms with E-state index in [0.29, 0.717) is 5.75 Å². The van der Waals surface area contributed by atoms with E-state index >= 15 is 0 Å². The molecule has 0 saturated carbocycles. The number of rotatable bonds is 0. The van der Waals surface area contributed by atoms with Gasteiger partial charge in [-0.15, -0.1) is 0 Å². The van der Waals surface area contributed by atoms with Crippen LogP contribution in [0.3, 0.4) is 0 Å². The molecule has 1 aromatic rings. The third-order valence-electron chi connectivity index (χ3n) is 1.89. The number of hydrogen-bond donors (Lipinski definition) is 1. The Labute approximate surface area is 84.2 Å². The van der Waals surface area contributed by atoms with Gasteiger partial charge in [0.05, 0.1) is 10.2 Å². The second kappa shape index (κ2) is 3.03. The lowest BCUT2D eigenvalue weighted by Crippen LogP contribution is -2.34. The Kier molecular flexibility index (Phi) is 2.00. The number of nitrogens with one attached hydrogen (secondary N) is 1. The Morgan fingerprint density at radius 2 is 2.31 bits per heavy atom. The van der Waals surface area contributed by atoms with Gasteiger partial charge in [-0.2, -0.15) is 0 Å². The third kappa shape index (κ3) is 1.42. The maximum absolute atomic E-state index is 11.2. The summed E-state index contributed by atoms with van der Waals surface area (Å²) in [6.45, 7) is 1.72. The number of anilines is 1. The molecular weight excluding hydrogens is 234 g/mol. The Bertz CT molecular complexity index is 365. The van der Waals surface area contributed by atoms with E-state index in [0.717, 1.165) is 10.2 Å². The van der Waals surface area contributed by atoms with E-state index in [1.54, 1.807) is 6.92 Å². The highest BCUT2D eigenvalue weighted by molar-refractivity contribution is 9.10. The summed E-state index contributed by atoms with van der Waals surface area (Å²) in [4.78, 5) is 11.2. The smallest absolute Gasteiger partial charge is 0.265 e. The molecule has 0 unspecified atom stereocenters. The van der Waals surface area contributed by atoms with Crippen LogP contribution in [0.25, 0.3) is 0 Å². The SMILES string of the molecule is C[C@H]1Oc2c(Br)cccc2NC1=O. The lowest BCUT2D eigenvalue weighted by atomic mass is 10.2. The minimum absolute atomic E-state index is 0.106. The highest BCUT2D eigenvalue weighted by atomic mass is 79.9. The molecule has 0 saturated heterocycles. The second-order valence-corrected chi connectivity index (χ2v) is 3.72. The van der Waals surface area contributed by atoms with Gasteiger partial charge in [0.1, 0.15) is 0 Å². The van der Waals surface area contributed by atoms with Crippen LogP contribution in [-0.4, -0.2) is 12.0 Å². The Morgan fingerprint density at radius 3 is 3.08 bits per heavy atom. The van der Waals surface area contributed by atoms with Gasteiger partial charge in [0, 0.05) is 0 Å². The van der Waals surface area contributed by atoms with Gasteiger partial charge in [-0.3, -0.25) is 4.79 Å². The first-order valence-electron chi connectivity index (χ1n) is 3.94. The van der Waals surface area contributed by atoms with Gasteiger partial charge in [-0.1, -0.05) is 6.07 Å². The second-order valence-electron chi connectivity index (χ2n) is 2.87. The molecule has 0 fully saturated rings. The topological polar surface area (TPSA) is 38.3 Å². The first-order valence-corrected chi connectivity index (χ1v) is 4.74. The monoisotopic (exact) mass is 241 g/mol. The Hall–Kier alpha value is -1.03. The van der Waals surface area contributed by atoms with E-state index in [9.17, 15) is 4.79 Å². The highest BCUT2D eigenvalue weighted by Gasteiger charge is 2.24. The van der Waals surface area contributed by atoms with Crippen LogP contribution in [0.2, 0.25) is 0 Å². The summed E-state index contributed by atoms with van der Waals surface area (Å²) in [5, 5.41) is 2.76. The fourth-order valence-corrected chi connectivity index (χ4v) is 1.65. The first kappa shape index (κ1) is 8.56. The highest BCUT2D eigenvalue weighted by Crippen LogP contribution is 2.36. The molecule has 2 rings (SSSR count). The number of carbonyl (C=O) groups is 1. The van der Waals surface area contributed by atoms with E-state index in [-0.39, 0.29) is 5.91 Å². The minimum atomic E-state index is -0.425. The van der Waals surface area contributed by atoms with Crippen molar-refractivity contribution in [1.82, 2.24) is 0 Å². The van der Waals surface area contributed by atoms with Crippen molar-refractivity contribution in [1.29, 1.82) is 0 Å². The average molecular weight is 242 g/mol. The lowest BCUT2D eigenvalue weighted by molar-refractivity contribution is -0.122. The molecule has 0 bridgehead atoms. The van der Waals surface area contributed by atoms with Gasteiger partial charge in [-0.05, 0) is 35.0 Å². The van der Waals surface area contributed by atoms with Gasteiger partial charge in [-0.25, -0.2) is 0 Å². The number of benzene rings is 1. The van der Waals surface area contributed by atoms with Gasteiger partial charge in [0.2, 0.25) is 0 Å². The van der Waals surface area contributed by atoms with Crippen molar-refractivity contribution in [3.63, 3.8) is 0 Å². The van der Waals surface area contributed by atoms with Crippen LogP contribution < -0.4 is 10.1 Å². The molecule has 0 radical (unpaired) electrons. The third-order valence-corrected chi connectivity index (χ3v) is 2.51. The van der Waals surface area contributed by atoms with Gasteiger partial charge >= 0.3 is 0 Å². The number of fused-ring (bicyclic) bond motifs is 1. The predicted molar refractivity (Wildman–Crippen MR) is 52.9 cm³/mol. The summed E-state index contributed by atoms with van der Waals surface area (Å²) >= 11 is 3.35. The van der Waals surface area contributed by atoms with Crippen LogP contribution in [0.4, 0.5) is 5.69 Å². The lowest BCUT2D eigenvalue weighted by Gasteiger charge is -2.23. The predicted octanol–water partition coefficient (Wildman–Crippen LogP) is 2.17. The van der Waals surface area contributed by atoms with Crippen molar-refractivity contribution in [2.45, 2.75) is 13.0 Å². The molecule has 0 aromatic heterocycles. The number of carbonyl (C=O) groups excluding carboxylic acids is 1. The molecule has 1 N–H and O–H groups in total. The maximum atomic E-state index is 11.2. The quantitative estimate of drug-likeness (QED) is 0.757. The minimum Gasteiger partial charge on any atom is -0.478 e. The molecule has 0 spiro atoms. The van der Waals surface area contributed by atoms with Crippen LogP contribution in [0, 0.1) is 0 Å². The molecule has 3 nitrogen and oxygen atoms in total. The number of ether oxygens (including phenoxy) is 1. The molecule has 1 aromatic carbocycles. The fraction of sp³-hybridized carbons (Fsp3) is 0.222. The zero-order chi connectivity index (χ0) is 9.42. The van der Waals surface area contributed by atoms with E-state index in [2.05, 4.69) is 21.2 Å². The molecule has 1 aliphatic heterocycles. The zero-order valence-corrected chi connectivity index (χ0v) is 8.59. The van der Waals surface area contributed by atoms with Crippen LogP contribution in [0.1, 0.15) is 6.92 Å². The number of amides is 1. The first-order chi connectivity index (χ1) is 6.18. The van der Waals surface area contributed by atoms with Gasteiger partial charge < -0.3 is 10.1 Å². The van der Waals surface area contributed by atoms with Crippen molar-refractivity contribution < 1.29 is 9.53 Å². The molecule has 68 valence electrons. The molecule has 0 aliphatic carbocycles. The largest absolute Gasteiger partial charge is 0.478 e. The maximum Gasteiger partial charge on any atom is 0.265 e. The fourth-order valence-electron chi connectivity index (χ4n) is 1.19. The number of para-hydroxylation sites is 1. The van der Waals surface area contributed by atoms with Gasteiger partial charge in [0.15, 0.2) is 11.9 Å². The van der Waals surface area contributed by atoms with E-state index < -0.39 is 6.10 Å². The molecule has 13 heavy (non-hydrogen) atoms. The summed E-state index contributed by atoms with van der Waals surface area (Å²) in [7, 11) is 0. The molecule has 1 heterocycles. The van der Waals surface area contributed by atoms with Crippen LogP contribution in [-0.2, 0) is 4.79 Å². The van der Waals surface area contributed by atoms with Crippen molar-refractivity contribution in [3.8, 4) is 5.75 Å². The zero-order valence-electron chi connectivity index (χ0n) is 7.00. The molecule has 1 amide bonds. The molecule has 1 atom stereocenters. The van der Waals surface area contributed by atoms with Crippen LogP contribution >= 0.6 is 15.9 Å². The standard InChI is InChI=1S/C9H8BrNO2/c1-5-9(12)11-7-4-2-3-6(10)8(7)13-5/h2-5H,1H3,(H,11,12)/t5-/m1/s1. The van der Waals surface area contributed by atoms with Crippen molar-refractivity contribution in [2.24, 2.45) is 0 Å². The number of halogens is 1. The summed E-state index contributed by atoms with van der Waals surface area (Å²) in [5.41, 5.74) is 0.720. The van der Waals surface area contributed by atoms with Crippen LogP contribution in [0.15, 0.2) is 22.7 Å². The van der Waals surface area contributed by atoms with Gasteiger partial charge in [0.25, 0.3) is 5.91 Å². The average Bonchev–Trinajstić information content (AvgIpc) is 2.09. The summed E-state index contributed by atoms with van der Waals surface area (Å²) in [6.07, 6.45) is -0.425. The summed E-state index contributed by atoms with van der Waals surface area (Å²) in [5.74, 6) is 0.597. The molecule has 4 heteroatoms. The Morgan fingerprint density at radius 1 is 1.54 bits per heavy atom. The Balaban J connectivity index is 2.48. The van der Waals surface area contributed by atoms with E-state index in [4.69, 9.17) is 4.74 Å². The normalized spacial score (nSPS) is 20.2. The van der Waals surface area contributed by atoms with Crippen molar-refractivity contribution in [3.05, 3.63) is 22.7 Å². The summed E-state index contributed by atoms with van der Waals surface area (Å²) in [6, 6.07) is 5.54. The van der Waals surface area contributed by atoms with Crippen molar-refractivity contribution >= 4 is 27.5 Å². The number of hydrogen-bond acceptors (Lipinski definition) is 2.